The Morgan fingerprint density at radius 3 is 2.92 bits per heavy atom. The van der Waals surface area contributed by atoms with E-state index in [-0.39, 0.29) is 5.82 Å². The highest BCUT2D eigenvalue weighted by atomic mass is 16.6. The van der Waals surface area contributed by atoms with Gasteiger partial charge in [-0.1, -0.05) is 12.0 Å². The lowest BCUT2D eigenvalue weighted by atomic mass is 10.4. The summed E-state index contributed by atoms with van der Waals surface area (Å²) in [5.74, 6) is 0.0781. The monoisotopic (exact) mass is 169 g/mol. The first-order valence-electron chi connectivity index (χ1n) is 3.84. The fourth-order valence-electron chi connectivity index (χ4n) is 1.06. The number of rotatable bonds is 3. The maximum absolute atomic E-state index is 10.5. The van der Waals surface area contributed by atoms with Crippen molar-refractivity contribution in [3.8, 4) is 0 Å². The Kier molecular flexibility index (Phi) is 2.42. The fraction of sp³-hybridized carbons (Fsp3) is 0.571. The van der Waals surface area contributed by atoms with Gasteiger partial charge in [0.1, 0.15) is 6.54 Å². The van der Waals surface area contributed by atoms with Gasteiger partial charge in [0.2, 0.25) is 0 Å². The highest BCUT2D eigenvalue weighted by Gasteiger charge is 2.14. The molecule has 0 radical (unpaired) electrons. The average Bonchev–Trinajstić information content (AvgIpc) is 2.32. The molecule has 1 rings (SSSR count). The normalized spacial score (nSPS) is 10.2. The van der Waals surface area contributed by atoms with Gasteiger partial charge in [-0.25, -0.2) is 0 Å². The molecule has 0 aliphatic heterocycles. The van der Waals surface area contributed by atoms with Gasteiger partial charge in [0, 0.05) is 0 Å². The summed E-state index contributed by atoms with van der Waals surface area (Å²) < 4.78 is 1.43. The molecule has 5 heteroatoms. The molecule has 0 saturated carbocycles. The van der Waals surface area contributed by atoms with Crippen LogP contribution in [0.4, 0.5) is 5.82 Å². The standard InChI is InChI=1S/C7H11N3O2/c1-3-4-9-7(10(11)12)5-6(2)8-9/h5H,3-4H2,1-2H3. The number of hydrogen-bond donors (Lipinski definition) is 0. The van der Waals surface area contributed by atoms with Crippen LogP contribution in [-0.2, 0) is 6.54 Å². The zero-order valence-electron chi connectivity index (χ0n) is 7.15. The van der Waals surface area contributed by atoms with Gasteiger partial charge < -0.3 is 10.1 Å². The van der Waals surface area contributed by atoms with E-state index in [9.17, 15) is 10.1 Å². The largest absolute Gasteiger partial charge is 0.358 e. The van der Waals surface area contributed by atoms with Gasteiger partial charge in [-0.3, -0.25) is 0 Å². The zero-order valence-corrected chi connectivity index (χ0v) is 7.15. The van der Waals surface area contributed by atoms with Crippen molar-refractivity contribution in [3.63, 3.8) is 0 Å². The number of aryl methyl sites for hydroxylation is 2. The van der Waals surface area contributed by atoms with Gasteiger partial charge in [0.25, 0.3) is 0 Å². The van der Waals surface area contributed by atoms with Crippen LogP contribution in [0, 0.1) is 17.0 Å². The van der Waals surface area contributed by atoms with E-state index in [1.165, 1.54) is 10.7 Å². The van der Waals surface area contributed by atoms with Crippen LogP contribution in [0.25, 0.3) is 0 Å². The van der Waals surface area contributed by atoms with Crippen LogP contribution >= 0.6 is 0 Å². The van der Waals surface area contributed by atoms with Crippen molar-refractivity contribution in [1.82, 2.24) is 9.78 Å². The summed E-state index contributed by atoms with van der Waals surface area (Å²) in [6, 6.07) is 1.48. The third-order valence-corrected chi connectivity index (χ3v) is 1.50. The maximum atomic E-state index is 10.5. The third-order valence-electron chi connectivity index (χ3n) is 1.50. The number of hydrogen-bond acceptors (Lipinski definition) is 3. The van der Waals surface area contributed by atoms with E-state index in [0.29, 0.717) is 12.2 Å². The van der Waals surface area contributed by atoms with Gasteiger partial charge in [0.05, 0.1) is 11.8 Å². The Hall–Kier alpha value is -1.39. The van der Waals surface area contributed by atoms with E-state index in [2.05, 4.69) is 5.10 Å². The van der Waals surface area contributed by atoms with E-state index < -0.39 is 4.92 Å². The van der Waals surface area contributed by atoms with Crippen molar-refractivity contribution in [2.24, 2.45) is 0 Å². The van der Waals surface area contributed by atoms with Crippen LogP contribution in [0.15, 0.2) is 6.07 Å². The van der Waals surface area contributed by atoms with E-state index in [1.54, 1.807) is 6.92 Å². The number of nitrogens with zero attached hydrogens (tertiary/aromatic N) is 3. The maximum Gasteiger partial charge on any atom is 0.345 e. The first-order chi connectivity index (χ1) is 5.65. The molecular weight excluding hydrogens is 158 g/mol. The molecule has 0 spiro atoms. The average molecular weight is 169 g/mol. The predicted molar refractivity (Wildman–Crippen MR) is 43.9 cm³/mol. The molecule has 0 amide bonds. The summed E-state index contributed by atoms with van der Waals surface area (Å²) >= 11 is 0. The van der Waals surface area contributed by atoms with Gasteiger partial charge in [-0.05, 0) is 18.3 Å². The minimum Gasteiger partial charge on any atom is -0.358 e. The molecule has 12 heavy (non-hydrogen) atoms. The van der Waals surface area contributed by atoms with Crippen LogP contribution in [0.1, 0.15) is 19.0 Å². The molecule has 0 aliphatic carbocycles. The van der Waals surface area contributed by atoms with E-state index >= 15 is 0 Å². The smallest absolute Gasteiger partial charge is 0.345 e. The quantitative estimate of drug-likeness (QED) is 0.509. The molecule has 0 bridgehead atoms. The van der Waals surface area contributed by atoms with Crippen molar-refractivity contribution >= 4 is 5.82 Å². The summed E-state index contributed by atoms with van der Waals surface area (Å²) in [6.45, 7) is 4.31. The third kappa shape index (κ3) is 1.61. The Balaban J connectivity index is 2.99. The SMILES string of the molecule is CCCn1nc(C)cc1[N+](=O)[O-]. The first-order valence-corrected chi connectivity index (χ1v) is 3.84. The van der Waals surface area contributed by atoms with Crippen molar-refractivity contribution in [1.29, 1.82) is 0 Å². The lowest BCUT2D eigenvalue weighted by Gasteiger charge is -1.95. The minimum absolute atomic E-state index is 0.0781. The molecule has 5 nitrogen and oxygen atoms in total. The molecule has 1 heterocycles. The Morgan fingerprint density at radius 1 is 1.75 bits per heavy atom. The van der Waals surface area contributed by atoms with Crippen LogP contribution in [-0.4, -0.2) is 14.7 Å². The van der Waals surface area contributed by atoms with Crippen molar-refractivity contribution in [2.45, 2.75) is 26.8 Å². The molecule has 0 aliphatic rings. The lowest BCUT2D eigenvalue weighted by Crippen LogP contribution is -2.03. The fourth-order valence-corrected chi connectivity index (χ4v) is 1.06. The second kappa shape index (κ2) is 3.34. The number of aromatic nitrogens is 2. The van der Waals surface area contributed by atoms with Crippen LogP contribution in [0.3, 0.4) is 0 Å². The first kappa shape index (κ1) is 8.70. The molecule has 0 aromatic carbocycles. The van der Waals surface area contributed by atoms with Crippen LogP contribution in [0.5, 0.6) is 0 Å². The topological polar surface area (TPSA) is 61.0 Å². The van der Waals surface area contributed by atoms with Gasteiger partial charge >= 0.3 is 5.82 Å². The Bertz CT molecular complexity index is 293. The second-order valence-electron chi connectivity index (χ2n) is 2.62. The predicted octanol–water partition coefficient (Wildman–Crippen LogP) is 1.51. The van der Waals surface area contributed by atoms with E-state index in [4.69, 9.17) is 0 Å². The molecular formula is C7H11N3O2. The van der Waals surface area contributed by atoms with Gasteiger partial charge in [0.15, 0.2) is 0 Å². The molecule has 1 aromatic rings. The number of nitro groups is 1. The molecule has 0 unspecified atom stereocenters. The second-order valence-corrected chi connectivity index (χ2v) is 2.62. The highest BCUT2D eigenvalue weighted by Crippen LogP contribution is 2.12. The summed E-state index contributed by atoms with van der Waals surface area (Å²) in [4.78, 5) is 10.0. The zero-order chi connectivity index (χ0) is 9.14. The van der Waals surface area contributed by atoms with Crippen molar-refractivity contribution in [2.75, 3.05) is 0 Å². The van der Waals surface area contributed by atoms with Crippen molar-refractivity contribution < 1.29 is 4.92 Å². The summed E-state index contributed by atoms with van der Waals surface area (Å²) in [6.07, 6.45) is 0.849. The van der Waals surface area contributed by atoms with Gasteiger partial charge in [-0.2, -0.15) is 0 Å². The van der Waals surface area contributed by atoms with Gasteiger partial charge in [-0.15, -0.1) is 4.68 Å². The van der Waals surface area contributed by atoms with Crippen LogP contribution < -0.4 is 0 Å². The molecule has 0 fully saturated rings. The summed E-state index contributed by atoms with van der Waals surface area (Å²) in [7, 11) is 0. The lowest BCUT2D eigenvalue weighted by molar-refractivity contribution is -0.392. The van der Waals surface area contributed by atoms with E-state index in [1.807, 2.05) is 6.92 Å². The molecule has 66 valence electrons. The summed E-state index contributed by atoms with van der Waals surface area (Å²) in [5, 5.41) is 14.5. The minimum atomic E-state index is -0.407. The molecule has 0 saturated heterocycles. The van der Waals surface area contributed by atoms with E-state index in [0.717, 1.165) is 6.42 Å². The Labute approximate surface area is 70.2 Å². The molecule has 0 N–H and O–H groups in total. The van der Waals surface area contributed by atoms with Crippen LogP contribution in [0.2, 0.25) is 0 Å². The molecule has 1 aromatic heterocycles. The highest BCUT2D eigenvalue weighted by molar-refractivity contribution is 5.21. The molecule has 0 atom stereocenters. The Morgan fingerprint density at radius 2 is 2.42 bits per heavy atom. The van der Waals surface area contributed by atoms with Crippen molar-refractivity contribution in [3.05, 3.63) is 21.9 Å². The summed E-state index contributed by atoms with van der Waals surface area (Å²) in [5.41, 5.74) is 0.690.